The van der Waals surface area contributed by atoms with Crippen molar-refractivity contribution in [2.45, 2.75) is 19.4 Å². The second-order valence-electron chi connectivity index (χ2n) is 3.64. The summed E-state index contributed by atoms with van der Waals surface area (Å²) in [7, 11) is 0. The summed E-state index contributed by atoms with van der Waals surface area (Å²) in [5.74, 6) is 0.985. The molecular weight excluding hydrogens is 200 g/mol. The van der Waals surface area contributed by atoms with Crippen LogP contribution in [0.15, 0.2) is 36.9 Å². The van der Waals surface area contributed by atoms with Gasteiger partial charge in [-0.05, 0) is 30.7 Å². The molecule has 2 heterocycles. The highest BCUT2D eigenvalue weighted by atomic mass is 15.0. The van der Waals surface area contributed by atoms with Crippen molar-refractivity contribution >= 4 is 0 Å². The van der Waals surface area contributed by atoms with Gasteiger partial charge in [0.15, 0.2) is 0 Å². The number of pyridine rings is 1. The molecule has 0 aliphatic heterocycles. The van der Waals surface area contributed by atoms with Gasteiger partial charge < -0.3 is 10.3 Å². The first kappa shape index (κ1) is 10.8. The van der Waals surface area contributed by atoms with E-state index < -0.39 is 0 Å². The highest BCUT2D eigenvalue weighted by Crippen LogP contribution is 2.13. The monoisotopic (exact) mass is 216 g/mol. The number of aromatic amines is 1. The van der Waals surface area contributed by atoms with Gasteiger partial charge in [-0.1, -0.05) is 6.92 Å². The molecule has 0 bridgehead atoms. The number of nitrogens with zero attached hydrogens (tertiary/aromatic N) is 2. The maximum absolute atomic E-state index is 4.30. The average Bonchev–Trinajstić information content (AvgIpc) is 2.83. The molecule has 0 aliphatic rings. The van der Waals surface area contributed by atoms with E-state index in [9.17, 15) is 0 Å². The largest absolute Gasteiger partial charge is 0.347 e. The molecule has 1 unspecified atom stereocenters. The lowest BCUT2D eigenvalue weighted by Crippen LogP contribution is -2.24. The van der Waals surface area contributed by atoms with Crippen molar-refractivity contribution in [3.63, 3.8) is 0 Å². The first-order chi connectivity index (χ1) is 7.90. The van der Waals surface area contributed by atoms with E-state index in [1.165, 1.54) is 5.56 Å². The van der Waals surface area contributed by atoms with Gasteiger partial charge in [-0.25, -0.2) is 4.98 Å². The Morgan fingerprint density at radius 1 is 1.31 bits per heavy atom. The summed E-state index contributed by atoms with van der Waals surface area (Å²) in [5.41, 5.74) is 1.26. The Balaban J connectivity index is 2.09. The molecule has 1 atom stereocenters. The number of hydrogen-bond donors (Lipinski definition) is 2. The molecule has 0 fully saturated rings. The van der Waals surface area contributed by atoms with Gasteiger partial charge in [0, 0.05) is 24.8 Å². The number of aromatic nitrogens is 3. The maximum Gasteiger partial charge on any atom is 0.123 e. The fourth-order valence-corrected chi connectivity index (χ4v) is 1.73. The summed E-state index contributed by atoms with van der Waals surface area (Å²) < 4.78 is 0. The molecule has 0 saturated carbocycles. The summed E-state index contributed by atoms with van der Waals surface area (Å²) in [6, 6.07) is 4.31. The number of H-pyrrole nitrogens is 1. The van der Waals surface area contributed by atoms with Crippen molar-refractivity contribution in [3.8, 4) is 0 Å². The lowest BCUT2D eigenvalue weighted by Gasteiger charge is -2.15. The summed E-state index contributed by atoms with van der Waals surface area (Å²) in [6.07, 6.45) is 8.20. The van der Waals surface area contributed by atoms with Crippen LogP contribution in [-0.4, -0.2) is 21.5 Å². The van der Waals surface area contributed by atoms with Crippen LogP contribution in [0.25, 0.3) is 0 Å². The minimum Gasteiger partial charge on any atom is -0.347 e. The molecular formula is C12H16N4. The van der Waals surface area contributed by atoms with Crippen molar-refractivity contribution in [2.24, 2.45) is 0 Å². The van der Waals surface area contributed by atoms with E-state index in [2.05, 4.69) is 27.2 Å². The molecule has 4 heteroatoms. The Hall–Kier alpha value is -1.68. The van der Waals surface area contributed by atoms with Crippen LogP contribution < -0.4 is 5.32 Å². The van der Waals surface area contributed by atoms with Gasteiger partial charge in [-0.2, -0.15) is 0 Å². The van der Waals surface area contributed by atoms with Crippen LogP contribution in [0.1, 0.15) is 24.4 Å². The third kappa shape index (κ3) is 2.67. The summed E-state index contributed by atoms with van der Waals surface area (Å²) in [6.45, 7) is 3.03. The number of rotatable bonds is 5. The predicted molar refractivity (Wildman–Crippen MR) is 62.9 cm³/mol. The van der Waals surface area contributed by atoms with Crippen molar-refractivity contribution in [2.75, 3.05) is 6.54 Å². The minimum atomic E-state index is 0.238. The first-order valence-electron chi connectivity index (χ1n) is 5.51. The van der Waals surface area contributed by atoms with E-state index >= 15 is 0 Å². The molecule has 16 heavy (non-hydrogen) atoms. The summed E-state index contributed by atoms with van der Waals surface area (Å²) in [4.78, 5) is 11.5. The number of nitrogens with one attached hydrogen (secondary N) is 2. The van der Waals surface area contributed by atoms with Crippen LogP contribution in [0, 0.1) is 0 Å². The van der Waals surface area contributed by atoms with Gasteiger partial charge in [-0.15, -0.1) is 0 Å². The van der Waals surface area contributed by atoms with E-state index in [-0.39, 0.29) is 6.04 Å². The molecule has 2 aromatic rings. The third-order valence-electron chi connectivity index (χ3n) is 2.49. The Labute approximate surface area is 95.1 Å². The molecule has 0 radical (unpaired) electrons. The minimum absolute atomic E-state index is 0.238. The fourth-order valence-electron chi connectivity index (χ4n) is 1.73. The topological polar surface area (TPSA) is 53.6 Å². The standard InChI is InChI=1S/C12H16N4/c1-2-14-11(12-15-7-8-16-12)9-10-3-5-13-6-4-10/h3-8,11,14H,2,9H2,1H3,(H,15,16). The van der Waals surface area contributed by atoms with Gasteiger partial charge >= 0.3 is 0 Å². The summed E-state index contributed by atoms with van der Waals surface area (Å²) in [5, 5.41) is 3.42. The molecule has 0 saturated heterocycles. The van der Waals surface area contributed by atoms with Crippen LogP contribution >= 0.6 is 0 Å². The zero-order chi connectivity index (χ0) is 11.2. The number of imidazole rings is 1. The normalized spacial score (nSPS) is 12.6. The Kier molecular flexibility index (Phi) is 3.66. The quantitative estimate of drug-likeness (QED) is 0.799. The predicted octanol–water partition coefficient (Wildman–Crippen LogP) is 1.70. The lowest BCUT2D eigenvalue weighted by molar-refractivity contribution is 0.526. The third-order valence-corrected chi connectivity index (χ3v) is 2.49. The molecule has 2 aromatic heterocycles. The molecule has 0 spiro atoms. The van der Waals surface area contributed by atoms with Crippen LogP contribution in [0.3, 0.4) is 0 Å². The second kappa shape index (κ2) is 5.42. The van der Waals surface area contributed by atoms with E-state index in [0.717, 1.165) is 18.8 Å². The zero-order valence-corrected chi connectivity index (χ0v) is 9.35. The highest BCUT2D eigenvalue weighted by molar-refractivity contribution is 5.13. The van der Waals surface area contributed by atoms with Gasteiger partial charge in [0.1, 0.15) is 5.82 Å². The molecule has 2 rings (SSSR count). The van der Waals surface area contributed by atoms with Crippen molar-refractivity contribution < 1.29 is 0 Å². The van der Waals surface area contributed by atoms with E-state index in [4.69, 9.17) is 0 Å². The highest BCUT2D eigenvalue weighted by Gasteiger charge is 2.12. The number of likely N-dealkylation sites (N-methyl/N-ethyl adjacent to an activating group) is 1. The second-order valence-corrected chi connectivity index (χ2v) is 3.64. The SMILES string of the molecule is CCNC(Cc1ccncc1)c1ncc[nH]1. The van der Waals surface area contributed by atoms with Crippen LogP contribution in [-0.2, 0) is 6.42 Å². The van der Waals surface area contributed by atoms with Crippen molar-refractivity contribution in [1.82, 2.24) is 20.3 Å². The Bertz CT molecular complexity index is 396. The maximum atomic E-state index is 4.30. The number of hydrogen-bond acceptors (Lipinski definition) is 3. The lowest BCUT2D eigenvalue weighted by atomic mass is 10.1. The van der Waals surface area contributed by atoms with Gasteiger partial charge in [0.05, 0.1) is 6.04 Å². The van der Waals surface area contributed by atoms with E-state index in [1.807, 2.05) is 30.7 Å². The average molecular weight is 216 g/mol. The Morgan fingerprint density at radius 3 is 2.75 bits per heavy atom. The van der Waals surface area contributed by atoms with Gasteiger partial charge in [0.25, 0.3) is 0 Å². The van der Waals surface area contributed by atoms with Crippen LogP contribution in [0.5, 0.6) is 0 Å². The molecule has 4 nitrogen and oxygen atoms in total. The first-order valence-corrected chi connectivity index (χ1v) is 5.51. The molecule has 0 amide bonds. The molecule has 84 valence electrons. The van der Waals surface area contributed by atoms with Crippen molar-refractivity contribution in [3.05, 3.63) is 48.3 Å². The summed E-state index contributed by atoms with van der Waals surface area (Å²) >= 11 is 0. The van der Waals surface area contributed by atoms with Gasteiger partial charge in [0.2, 0.25) is 0 Å². The van der Waals surface area contributed by atoms with Crippen LogP contribution in [0.4, 0.5) is 0 Å². The van der Waals surface area contributed by atoms with Crippen molar-refractivity contribution in [1.29, 1.82) is 0 Å². The van der Waals surface area contributed by atoms with Gasteiger partial charge in [-0.3, -0.25) is 4.98 Å². The molecule has 2 N–H and O–H groups in total. The van der Waals surface area contributed by atoms with E-state index in [1.54, 1.807) is 6.20 Å². The Morgan fingerprint density at radius 2 is 2.12 bits per heavy atom. The van der Waals surface area contributed by atoms with E-state index in [0.29, 0.717) is 0 Å². The fraction of sp³-hybridized carbons (Fsp3) is 0.333. The molecule has 0 aliphatic carbocycles. The smallest absolute Gasteiger partial charge is 0.123 e. The molecule has 0 aromatic carbocycles. The van der Waals surface area contributed by atoms with Crippen LogP contribution in [0.2, 0.25) is 0 Å². The zero-order valence-electron chi connectivity index (χ0n) is 9.35.